The second-order valence-corrected chi connectivity index (χ2v) is 6.81. The van der Waals surface area contributed by atoms with E-state index in [1.54, 1.807) is 9.80 Å². The predicted octanol–water partition coefficient (Wildman–Crippen LogP) is 0.874. The molecular weight excluding hydrogens is 353 g/mol. The van der Waals surface area contributed by atoms with Crippen molar-refractivity contribution in [3.05, 3.63) is 29.6 Å². The molecule has 1 aromatic rings. The van der Waals surface area contributed by atoms with Crippen LogP contribution in [0.5, 0.6) is 5.75 Å². The van der Waals surface area contributed by atoms with E-state index in [1.807, 2.05) is 0 Å². The summed E-state index contributed by atoms with van der Waals surface area (Å²) in [4.78, 5) is 29.2. The molecule has 0 spiro atoms. The van der Waals surface area contributed by atoms with Gasteiger partial charge in [-0.05, 0) is 31.0 Å². The van der Waals surface area contributed by atoms with Crippen molar-refractivity contribution in [3.8, 4) is 5.75 Å². The molecule has 148 valence electrons. The summed E-state index contributed by atoms with van der Waals surface area (Å²) in [5, 5.41) is 0. The molecule has 0 aliphatic carbocycles. The van der Waals surface area contributed by atoms with Crippen molar-refractivity contribution in [2.75, 3.05) is 52.5 Å². The smallest absolute Gasteiger partial charge is 0.257 e. The molecule has 2 amide bonds. The van der Waals surface area contributed by atoms with Crippen molar-refractivity contribution in [1.82, 2.24) is 9.80 Å². The van der Waals surface area contributed by atoms with Gasteiger partial charge in [-0.1, -0.05) is 0 Å². The van der Waals surface area contributed by atoms with Gasteiger partial charge in [-0.15, -0.1) is 0 Å². The summed E-state index contributed by atoms with van der Waals surface area (Å²) >= 11 is 0. The largest absolute Gasteiger partial charge is 0.491 e. The summed E-state index contributed by atoms with van der Waals surface area (Å²) in [6.07, 6.45) is 1.49. The van der Waals surface area contributed by atoms with Crippen LogP contribution >= 0.6 is 0 Å². The maximum Gasteiger partial charge on any atom is 0.257 e. The molecule has 2 saturated heterocycles. The number of morpholine rings is 1. The Morgan fingerprint density at radius 2 is 2.00 bits per heavy atom. The van der Waals surface area contributed by atoms with Crippen molar-refractivity contribution >= 4 is 11.8 Å². The van der Waals surface area contributed by atoms with Gasteiger partial charge in [-0.25, -0.2) is 4.39 Å². The van der Waals surface area contributed by atoms with Crippen LogP contribution < -0.4 is 10.5 Å². The molecule has 7 nitrogen and oxygen atoms in total. The fourth-order valence-electron chi connectivity index (χ4n) is 3.54. The van der Waals surface area contributed by atoms with E-state index in [2.05, 4.69) is 0 Å². The van der Waals surface area contributed by atoms with Crippen molar-refractivity contribution < 1.29 is 23.5 Å². The van der Waals surface area contributed by atoms with E-state index in [9.17, 15) is 14.0 Å². The lowest BCUT2D eigenvalue weighted by Gasteiger charge is -2.36. The van der Waals surface area contributed by atoms with Gasteiger partial charge in [0.05, 0.1) is 24.7 Å². The van der Waals surface area contributed by atoms with E-state index in [-0.39, 0.29) is 29.9 Å². The number of piperidine rings is 1. The topological polar surface area (TPSA) is 85.1 Å². The average Bonchev–Trinajstić information content (AvgIpc) is 2.72. The van der Waals surface area contributed by atoms with Gasteiger partial charge >= 0.3 is 0 Å². The van der Waals surface area contributed by atoms with E-state index in [4.69, 9.17) is 15.2 Å². The Bertz CT molecular complexity index is 679. The Labute approximate surface area is 158 Å². The monoisotopic (exact) mass is 379 g/mol. The molecule has 2 fully saturated rings. The fourth-order valence-corrected chi connectivity index (χ4v) is 3.54. The van der Waals surface area contributed by atoms with Gasteiger partial charge in [-0.3, -0.25) is 9.59 Å². The van der Waals surface area contributed by atoms with Crippen molar-refractivity contribution in [3.63, 3.8) is 0 Å². The van der Waals surface area contributed by atoms with Crippen LogP contribution in [0.2, 0.25) is 0 Å². The van der Waals surface area contributed by atoms with Crippen LogP contribution in [0, 0.1) is 11.7 Å². The Morgan fingerprint density at radius 3 is 2.74 bits per heavy atom. The molecule has 2 heterocycles. The molecule has 2 N–H and O–H groups in total. The highest BCUT2D eigenvalue weighted by molar-refractivity contribution is 5.97. The Hall–Kier alpha value is -2.19. The number of benzene rings is 1. The van der Waals surface area contributed by atoms with E-state index in [0.717, 1.165) is 12.8 Å². The zero-order valence-electron chi connectivity index (χ0n) is 15.4. The highest BCUT2D eigenvalue weighted by atomic mass is 19.1. The first-order valence-electron chi connectivity index (χ1n) is 9.38. The molecule has 8 heteroatoms. The maximum atomic E-state index is 13.7. The van der Waals surface area contributed by atoms with Crippen LogP contribution in [0.1, 0.15) is 23.2 Å². The van der Waals surface area contributed by atoms with Crippen LogP contribution in [0.4, 0.5) is 4.39 Å². The minimum atomic E-state index is -0.503. The zero-order chi connectivity index (χ0) is 19.2. The number of amides is 2. The van der Waals surface area contributed by atoms with Crippen LogP contribution in [-0.4, -0.2) is 74.2 Å². The SMILES string of the molecule is NCCOc1ccc(F)cc1C(=O)N1CCC[C@@H](C(=O)N2CCOCC2)C1. The molecule has 0 saturated carbocycles. The molecule has 3 rings (SSSR count). The van der Waals surface area contributed by atoms with Crippen LogP contribution in [0.3, 0.4) is 0 Å². The second kappa shape index (κ2) is 9.14. The molecule has 1 atom stereocenters. The zero-order valence-corrected chi connectivity index (χ0v) is 15.4. The van der Waals surface area contributed by atoms with Gasteiger partial charge in [0.2, 0.25) is 5.91 Å². The van der Waals surface area contributed by atoms with Crippen molar-refractivity contribution in [1.29, 1.82) is 0 Å². The number of carbonyl (C=O) groups is 2. The number of hydrogen-bond donors (Lipinski definition) is 1. The maximum absolute atomic E-state index is 13.7. The van der Waals surface area contributed by atoms with Crippen LogP contribution in [0.15, 0.2) is 18.2 Å². The van der Waals surface area contributed by atoms with Gasteiger partial charge in [0.25, 0.3) is 5.91 Å². The van der Waals surface area contributed by atoms with Gasteiger partial charge < -0.3 is 25.0 Å². The molecule has 27 heavy (non-hydrogen) atoms. The molecule has 2 aliphatic rings. The number of likely N-dealkylation sites (tertiary alicyclic amines) is 1. The lowest BCUT2D eigenvalue weighted by Crippen LogP contribution is -2.49. The van der Waals surface area contributed by atoms with Crippen LogP contribution in [-0.2, 0) is 9.53 Å². The Kier molecular flexibility index (Phi) is 6.63. The summed E-state index contributed by atoms with van der Waals surface area (Å²) in [7, 11) is 0. The number of nitrogens with zero attached hydrogens (tertiary/aromatic N) is 2. The minimum absolute atomic E-state index is 0.0645. The highest BCUT2D eigenvalue weighted by Gasteiger charge is 2.33. The predicted molar refractivity (Wildman–Crippen MR) is 97.0 cm³/mol. The number of carbonyl (C=O) groups excluding carboxylic acids is 2. The third-order valence-electron chi connectivity index (χ3n) is 4.93. The summed E-state index contributed by atoms with van der Waals surface area (Å²) in [6, 6.07) is 3.88. The molecule has 0 bridgehead atoms. The third-order valence-corrected chi connectivity index (χ3v) is 4.93. The minimum Gasteiger partial charge on any atom is -0.491 e. The Morgan fingerprint density at radius 1 is 1.22 bits per heavy atom. The standard InChI is InChI=1S/C19H26FN3O4/c20-15-3-4-17(27-9-5-21)16(12-15)19(25)23-6-1-2-14(13-23)18(24)22-7-10-26-11-8-22/h3-4,12,14H,1-2,5-11,13,21H2/t14-/m1/s1. The van der Waals surface area contributed by atoms with Gasteiger partial charge in [0, 0.05) is 32.7 Å². The first kappa shape index (κ1) is 19.6. The van der Waals surface area contributed by atoms with E-state index in [0.29, 0.717) is 51.7 Å². The fraction of sp³-hybridized carbons (Fsp3) is 0.579. The van der Waals surface area contributed by atoms with Gasteiger partial charge in [0.1, 0.15) is 18.2 Å². The third kappa shape index (κ3) is 4.75. The molecule has 0 unspecified atom stereocenters. The second-order valence-electron chi connectivity index (χ2n) is 6.81. The first-order chi connectivity index (χ1) is 13.1. The van der Waals surface area contributed by atoms with E-state index >= 15 is 0 Å². The van der Waals surface area contributed by atoms with Crippen molar-refractivity contribution in [2.45, 2.75) is 12.8 Å². The lowest BCUT2D eigenvalue weighted by atomic mass is 9.95. The molecule has 0 aromatic heterocycles. The summed E-state index contributed by atoms with van der Waals surface area (Å²) in [5.74, 6) is -0.678. The highest BCUT2D eigenvalue weighted by Crippen LogP contribution is 2.26. The van der Waals surface area contributed by atoms with Crippen LogP contribution in [0.25, 0.3) is 0 Å². The molecule has 0 radical (unpaired) electrons. The summed E-state index contributed by atoms with van der Waals surface area (Å²) in [5.41, 5.74) is 5.62. The van der Waals surface area contributed by atoms with E-state index in [1.165, 1.54) is 18.2 Å². The molecule has 2 aliphatic heterocycles. The number of halogens is 1. The molecule has 1 aromatic carbocycles. The number of nitrogens with two attached hydrogens (primary N) is 1. The van der Waals surface area contributed by atoms with E-state index < -0.39 is 5.82 Å². The van der Waals surface area contributed by atoms with Crippen molar-refractivity contribution in [2.24, 2.45) is 11.7 Å². The first-order valence-corrected chi connectivity index (χ1v) is 9.38. The quantitative estimate of drug-likeness (QED) is 0.821. The summed E-state index contributed by atoms with van der Waals surface area (Å²) < 4.78 is 24.5. The van der Waals surface area contributed by atoms with Gasteiger partial charge in [0.15, 0.2) is 0 Å². The number of ether oxygens (including phenoxy) is 2. The average molecular weight is 379 g/mol. The lowest BCUT2D eigenvalue weighted by molar-refractivity contribution is -0.141. The number of rotatable bonds is 5. The summed E-state index contributed by atoms with van der Waals surface area (Å²) in [6.45, 7) is 3.68. The van der Waals surface area contributed by atoms with Gasteiger partial charge in [-0.2, -0.15) is 0 Å². The normalized spacial score (nSPS) is 20.4. The number of hydrogen-bond acceptors (Lipinski definition) is 5. The molecular formula is C19H26FN3O4. The Balaban J connectivity index is 1.71.